The van der Waals surface area contributed by atoms with E-state index >= 15 is 0 Å². The summed E-state index contributed by atoms with van der Waals surface area (Å²) in [4.78, 5) is 27.1. The zero-order chi connectivity index (χ0) is 24.0. The topological polar surface area (TPSA) is 85.0 Å². The molecule has 2 saturated heterocycles. The van der Waals surface area contributed by atoms with Crippen LogP contribution in [0.3, 0.4) is 0 Å². The first-order valence-electron chi connectivity index (χ1n) is 11.3. The molecule has 0 spiro atoms. The van der Waals surface area contributed by atoms with Crippen molar-refractivity contribution in [3.63, 3.8) is 0 Å². The molecule has 3 aromatic heterocycles. The van der Waals surface area contributed by atoms with Crippen molar-refractivity contribution in [2.24, 2.45) is 0 Å². The van der Waals surface area contributed by atoms with Crippen molar-refractivity contribution >= 4 is 17.3 Å². The minimum atomic E-state index is -1.99. The first-order chi connectivity index (χ1) is 16.3. The number of piperidine rings is 1. The van der Waals surface area contributed by atoms with Crippen LogP contribution in [0.15, 0.2) is 43.5 Å². The highest BCUT2D eigenvalue weighted by atomic mass is 19.1. The number of likely N-dealkylation sites (tertiary alicyclic amines) is 2. The Labute approximate surface area is 196 Å². The molecule has 5 rings (SSSR count). The number of methoxy groups -OCH3 is 1. The summed E-state index contributed by atoms with van der Waals surface area (Å²) in [6, 6.07) is 2.10. The Bertz CT molecular complexity index is 1270. The predicted octanol–water partition coefficient (Wildman–Crippen LogP) is 2.41. The van der Waals surface area contributed by atoms with Crippen LogP contribution in [0.25, 0.3) is 16.6 Å². The largest absolute Gasteiger partial charge is 0.494 e. The maximum atomic E-state index is 15.0. The number of aromatic nitrogens is 4. The highest BCUT2D eigenvalue weighted by molar-refractivity contribution is 5.93. The number of rotatable bonds is 5. The van der Waals surface area contributed by atoms with Crippen molar-refractivity contribution in [1.82, 2.24) is 29.2 Å². The minimum Gasteiger partial charge on any atom is -0.494 e. The summed E-state index contributed by atoms with van der Waals surface area (Å²) < 4.78 is 24.3. The fourth-order valence-electron chi connectivity index (χ4n) is 4.83. The minimum absolute atomic E-state index is 0.117. The number of fused-ring (bicyclic) bond motifs is 1. The van der Waals surface area contributed by atoms with Gasteiger partial charge in [0.2, 0.25) is 11.6 Å². The Kier molecular flexibility index (Phi) is 5.38. The number of aryl methyl sites for hydroxylation is 1. The van der Waals surface area contributed by atoms with Gasteiger partial charge in [0.05, 0.1) is 38.6 Å². The van der Waals surface area contributed by atoms with Gasteiger partial charge in [0, 0.05) is 36.6 Å². The molecule has 0 unspecified atom stereocenters. The molecule has 178 valence electrons. The number of carbonyl (C=O) groups is 2. The summed E-state index contributed by atoms with van der Waals surface area (Å²) in [5.41, 5.74) is 1.86. The summed E-state index contributed by atoms with van der Waals surface area (Å²) in [5.74, 6) is -0.138. The number of hydrogen-bond donors (Lipinski definition) is 0. The van der Waals surface area contributed by atoms with Gasteiger partial charge in [-0.05, 0) is 37.5 Å². The third-order valence-electron chi connectivity index (χ3n) is 6.79. The van der Waals surface area contributed by atoms with Crippen molar-refractivity contribution in [1.29, 1.82) is 0 Å². The molecule has 0 N–H and O–H groups in total. The molecule has 0 aromatic carbocycles. The molecule has 3 aromatic rings. The lowest BCUT2D eigenvalue weighted by atomic mass is 9.92. The molecular weight excluding hydrogens is 439 g/mol. The molecule has 0 radical (unpaired) electrons. The van der Waals surface area contributed by atoms with Crippen molar-refractivity contribution in [2.45, 2.75) is 31.5 Å². The summed E-state index contributed by atoms with van der Waals surface area (Å²) in [7, 11) is 1.64. The van der Waals surface area contributed by atoms with Gasteiger partial charge in [-0.3, -0.25) is 14.3 Å². The molecule has 2 aliphatic rings. The van der Waals surface area contributed by atoms with E-state index in [2.05, 4.69) is 16.8 Å². The van der Waals surface area contributed by atoms with E-state index in [1.54, 1.807) is 18.2 Å². The fraction of sp³-hybridized carbons (Fsp3) is 0.417. The average molecular weight is 467 g/mol. The van der Waals surface area contributed by atoms with E-state index in [0.29, 0.717) is 25.9 Å². The number of nitrogens with zero attached hydrogens (tertiary/aromatic N) is 6. The molecule has 0 atom stereocenters. The summed E-state index contributed by atoms with van der Waals surface area (Å²) in [6.07, 6.45) is 10.1. The average Bonchev–Trinajstić information content (AvgIpc) is 3.48. The second-order valence-electron chi connectivity index (χ2n) is 9.01. The van der Waals surface area contributed by atoms with Crippen LogP contribution in [0.1, 0.15) is 24.4 Å². The number of ether oxygens (including phenoxy) is 1. The Morgan fingerprint density at radius 3 is 2.56 bits per heavy atom. The van der Waals surface area contributed by atoms with Crippen LogP contribution >= 0.6 is 0 Å². The molecule has 0 saturated carbocycles. The van der Waals surface area contributed by atoms with E-state index in [9.17, 15) is 14.0 Å². The normalized spacial score (nSPS) is 18.1. The molecular formula is C24H27FN6O3. The van der Waals surface area contributed by atoms with Crippen LogP contribution in [0, 0.1) is 6.92 Å². The van der Waals surface area contributed by atoms with Gasteiger partial charge in [0.15, 0.2) is 0 Å². The number of alkyl halides is 1. The van der Waals surface area contributed by atoms with Crippen LogP contribution < -0.4 is 4.74 Å². The highest BCUT2D eigenvalue weighted by Crippen LogP contribution is 2.33. The van der Waals surface area contributed by atoms with Crippen molar-refractivity contribution < 1.29 is 18.7 Å². The van der Waals surface area contributed by atoms with E-state index < -0.39 is 11.6 Å². The van der Waals surface area contributed by atoms with Gasteiger partial charge in [0.1, 0.15) is 11.3 Å². The number of halogens is 1. The standard InChI is InChI=1S/C24H27FN6O3/c1-4-21(32)29-14-24(25,15-29)23(33)28-7-5-19(6-8-28)30-13-18(11-27-30)17-9-20(34-3)22-16(2)10-26-31(22)12-17/h4,9-13,19H,1,5-8,14-15H2,2-3H3. The highest BCUT2D eigenvalue weighted by Gasteiger charge is 2.53. The zero-order valence-corrected chi connectivity index (χ0v) is 19.3. The summed E-state index contributed by atoms with van der Waals surface area (Å²) >= 11 is 0. The molecule has 34 heavy (non-hydrogen) atoms. The molecule has 0 bridgehead atoms. The predicted molar refractivity (Wildman–Crippen MR) is 123 cm³/mol. The first-order valence-corrected chi connectivity index (χ1v) is 11.3. The van der Waals surface area contributed by atoms with E-state index in [4.69, 9.17) is 4.74 Å². The maximum Gasteiger partial charge on any atom is 0.264 e. The van der Waals surface area contributed by atoms with Gasteiger partial charge in [-0.1, -0.05) is 6.58 Å². The molecule has 9 nitrogen and oxygen atoms in total. The molecule has 2 amide bonds. The smallest absolute Gasteiger partial charge is 0.264 e. The van der Waals surface area contributed by atoms with Gasteiger partial charge < -0.3 is 14.5 Å². The molecule has 2 fully saturated rings. The third kappa shape index (κ3) is 3.63. The van der Waals surface area contributed by atoms with Gasteiger partial charge in [-0.2, -0.15) is 10.2 Å². The summed E-state index contributed by atoms with van der Waals surface area (Å²) in [6.45, 7) is 5.88. The second-order valence-corrected chi connectivity index (χ2v) is 9.01. The molecule has 0 aliphatic carbocycles. The van der Waals surface area contributed by atoms with Crippen molar-refractivity contribution in [2.75, 3.05) is 33.3 Å². The van der Waals surface area contributed by atoms with Crippen molar-refractivity contribution in [3.05, 3.63) is 49.1 Å². The van der Waals surface area contributed by atoms with E-state index in [1.165, 1.54) is 4.90 Å². The third-order valence-corrected chi connectivity index (χ3v) is 6.79. The van der Waals surface area contributed by atoms with Crippen LogP contribution in [0.5, 0.6) is 5.75 Å². The van der Waals surface area contributed by atoms with Crippen LogP contribution in [0.2, 0.25) is 0 Å². The Hall–Kier alpha value is -3.69. The van der Waals surface area contributed by atoms with Crippen LogP contribution in [-0.4, -0.2) is 80.0 Å². The Balaban J connectivity index is 1.25. The Morgan fingerprint density at radius 1 is 1.15 bits per heavy atom. The van der Waals surface area contributed by atoms with Gasteiger partial charge in [-0.15, -0.1) is 0 Å². The lowest BCUT2D eigenvalue weighted by Crippen LogP contribution is -2.68. The molecule has 5 heterocycles. The van der Waals surface area contributed by atoms with Crippen molar-refractivity contribution in [3.8, 4) is 16.9 Å². The number of amides is 2. The first kappa shape index (κ1) is 22.1. The SMILES string of the molecule is C=CC(=O)N1CC(F)(C(=O)N2CCC(n3cc(-c4cc(OC)c5c(C)cnn5c4)cn3)CC2)C1. The van der Waals surface area contributed by atoms with Gasteiger partial charge in [0.25, 0.3) is 5.91 Å². The fourth-order valence-corrected chi connectivity index (χ4v) is 4.83. The quantitative estimate of drug-likeness (QED) is 0.539. The summed E-state index contributed by atoms with van der Waals surface area (Å²) in [5, 5.41) is 8.96. The molecule has 2 aliphatic heterocycles. The van der Waals surface area contributed by atoms with E-state index in [1.807, 2.05) is 40.8 Å². The number of hydrogen-bond acceptors (Lipinski definition) is 5. The van der Waals surface area contributed by atoms with Gasteiger partial charge in [-0.25, -0.2) is 8.91 Å². The lowest BCUT2D eigenvalue weighted by molar-refractivity contribution is -0.162. The van der Waals surface area contributed by atoms with Crippen LogP contribution in [-0.2, 0) is 9.59 Å². The molecule has 10 heteroatoms. The van der Waals surface area contributed by atoms with Crippen LogP contribution in [0.4, 0.5) is 4.39 Å². The Morgan fingerprint density at radius 2 is 1.88 bits per heavy atom. The van der Waals surface area contributed by atoms with E-state index in [0.717, 1.165) is 34.0 Å². The monoisotopic (exact) mass is 466 g/mol. The lowest BCUT2D eigenvalue weighted by Gasteiger charge is -2.45. The van der Waals surface area contributed by atoms with E-state index in [-0.39, 0.29) is 25.0 Å². The van der Waals surface area contributed by atoms with Gasteiger partial charge >= 0.3 is 0 Å². The maximum absolute atomic E-state index is 15.0. The number of pyridine rings is 1. The zero-order valence-electron chi connectivity index (χ0n) is 19.3. The second kappa shape index (κ2) is 8.27. The number of carbonyl (C=O) groups excluding carboxylic acids is 2.